The molecule has 1 aliphatic carbocycles. The lowest BCUT2D eigenvalue weighted by molar-refractivity contribution is -0.168. The van der Waals surface area contributed by atoms with E-state index in [2.05, 4.69) is 21.0 Å². The molecule has 1 aliphatic heterocycles. The van der Waals surface area contributed by atoms with Crippen LogP contribution in [-0.4, -0.2) is 37.4 Å². The molecule has 0 saturated heterocycles. The summed E-state index contributed by atoms with van der Waals surface area (Å²) in [6.07, 6.45) is -0.960. The fourth-order valence-electron chi connectivity index (χ4n) is 6.19. The van der Waals surface area contributed by atoms with Crippen molar-refractivity contribution < 1.29 is 32.3 Å². The molecule has 46 heavy (non-hydrogen) atoms. The van der Waals surface area contributed by atoms with Gasteiger partial charge in [0.1, 0.15) is 23.6 Å². The molecule has 9 nitrogen and oxygen atoms in total. The summed E-state index contributed by atoms with van der Waals surface area (Å²) in [5.41, 5.74) is 4.24. The number of carbonyl (C=O) groups is 1. The second-order valence-corrected chi connectivity index (χ2v) is 12.5. The number of halogens is 3. The second kappa shape index (κ2) is 12.2. The van der Waals surface area contributed by atoms with E-state index in [0.717, 1.165) is 11.1 Å². The standard InChI is InChI=1S/C34H34F3N5O4/c1-32(2,3)45-30(43)25-15-10-18-33(29(25)23-13-8-5-9-14-23)20-27(39-46-33)26-19-24(42-31(34(35,36)37)38-40-41-42)16-17-28(26)44-21-22-11-6-4-7-12-22/h4-9,11-14,16-17,19-20,25,29,39H,10,15,18,21H2,1-3H3/t25?,29-,33+/m1/s1. The van der Waals surface area contributed by atoms with Crippen molar-refractivity contribution in [2.45, 2.75) is 69.9 Å². The van der Waals surface area contributed by atoms with E-state index in [4.69, 9.17) is 14.3 Å². The first-order chi connectivity index (χ1) is 21.9. The molecule has 1 unspecified atom stereocenters. The fraction of sp³-hybridized carbons (Fsp3) is 0.353. The molecule has 1 spiro atoms. The number of hydrogen-bond acceptors (Lipinski definition) is 8. The van der Waals surface area contributed by atoms with Gasteiger partial charge in [0.15, 0.2) is 0 Å². The van der Waals surface area contributed by atoms with Gasteiger partial charge in [0.05, 0.1) is 17.3 Å². The first kappa shape index (κ1) is 31.3. The van der Waals surface area contributed by atoms with Crippen LogP contribution < -0.4 is 10.2 Å². The van der Waals surface area contributed by atoms with Crippen LogP contribution in [0.15, 0.2) is 84.9 Å². The number of tetrazole rings is 1. The highest BCUT2D eigenvalue weighted by atomic mass is 19.4. The first-order valence-corrected chi connectivity index (χ1v) is 15.1. The van der Waals surface area contributed by atoms with Crippen molar-refractivity contribution in [3.63, 3.8) is 0 Å². The minimum absolute atomic E-state index is 0.0814. The molecule has 3 atom stereocenters. The summed E-state index contributed by atoms with van der Waals surface area (Å²) in [7, 11) is 0. The Balaban J connectivity index is 1.44. The fourth-order valence-corrected chi connectivity index (χ4v) is 6.19. The van der Waals surface area contributed by atoms with Crippen LogP contribution in [0.1, 0.15) is 68.5 Å². The SMILES string of the molecule is CC(C)(C)OC(=O)C1CCC[C@]2(C=C(c3cc(-n4nnnc4C(F)(F)F)ccc3OCc3ccccc3)NO2)[C@@H]1c1ccccc1. The molecule has 6 rings (SSSR count). The number of ether oxygens (including phenoxy) is 2. The summed E-state index contributed by atoms with van der Waals surface area (Å²) in [5, 5.41) is 10.1. The van der Waals surface area contributed by atoms with E-state index in [0.29, 0.717) is 41.0 Å². The second-order valence-electron chi connectivity index (χ2n) is 12.5. The van der Waals surface area contributed by atoms with E-state index in [-0.39, 0.29) is 18.3 Å². The number of hydrogen-bond donors (Lipinski definition) is 1. The van der Waals surface area contributed by atoms with Crippen LogP contribution >= 0.6 is 0 Å². The van der Waals surface area contributed by atoms with Crippen LogP contribution in [0.25, 0.3) is 11.4 Å². The van der Waals surface area contributed by atoms with E-state index >= 15 is 0 Å². The molecule has 1 N–H and O–H groups in total. The summed E-state index contributed by atoms with van der Waals surface area (Å²) < 4.78 is 53.9. The van der Waals surface area contributed by atoms with Crippen molar-refractivity contribution in [3.05, 3.63) is 107 Å². The van der Waals surface area contributed by atoms with Crippen LogP contribution in [0.2, 0.25) is 0 Å². The van der Waals surface area contributed by atoms with Crippen molar-refractivity contribution in [2.24, 2.45) is 5.92 Å². The van der Waals surface area contributed by atoms with Gasteiger partial charge in [0, 0.05) is 11.5 Å². The summed E-state index contributed by atoms with van der Waals surface area (Å²) >= 11 is 0. The molecule has 0 amide bonds. The van der Waals surface area contributed by atoms with Gasteiger partial charge in [-0.2, -0.15) is 17.9 Å². The number of carbonyl (C=O) groups excluding carboxylic acids is 1. The number of aromatic nitrogens is 4. The van der Waals surface area contributed by atoms with Crippen molar-refractivity contribution in [1.29, 1.82) is 0 Å². The van der Waals surface area contributed by atoms with E-state index < -0.39 is 35.0 Å². The van der Waals surface area contributed by atoms with Crippen LogP contribution in [-0.2, 0) is 27.2 Å². The number of benzene rings is 3. The van der Waals surface area contributed by atoms with Crippen molar-refractivity contribution >= 4 is 11.7 Å². The number of nitrogens with zero attached hydrogens (tertiary/aromatic N) is 4. The molecule has 3 aromatic carbocycles. The Morgan fingerprint density at radius 2 is 1.76 bits per heavy atom. The maximum absolute atomic E-state index is 13.7. The topological polar surface area (TPSA) is 100 Å². The van der Waals surface area contributed by atoms with Crippen LogP contribution in [0.5, 0.6) is 5.75 Å². The summed E-state index contributed by atoms with van der Waals surface area (Å²) in [6, 6.07) is 23.8. The molecule has 0 bridgehead atoms. The van der Waals surface area contributed by atoms with Gasteiger partial charge in [-0.05, 0) is 85.9 Å². The Kier molecular flexibility index (Phi) is 8.32. The lowest BCUT2D eigenvalue weighted by Gasteiger charge is -2.43. The predicted molar refractivity (Wildman–Crippen MR) is 162 cm³/mol. The Morgan fingerprint density at radius 3 is 2.46 bits per heavy atom. The van der Waals surface area contributed by atoms with Crippen LogP contribution in [0.4, 0.5) is 13.2 Å². The molecule has 4 aromatic rings. The van der Waals surface area contributed by atoms with E-state index in [1.165, 1.54) is 12.1 Å². The third-order valence-electron chi connectivity index (χ3n) is 8.08. The van der Waals surface area contributed by atoms with E-state index in [1.54, 1.807) is 6.07 Å². The van der Waals surface area contributed by atoms with Gasteiger partial charge in [-0.3, -0.25) is 15.1 Å². The van der Waals surface area contributed by atoms with Gasteiger partial charge in [-0.25, -0.2) is 0 Å². The van der Waals surface area contributed by atoms with Crippen molar-refractivity contribution in [2.75, 3.05) is 0 Å². The molecule has 1 aromatic heterocycles. The Bertz CT molecular complexity index is 1720. The van der Waals surface area contributed by atoms with Crippen LogP contribution in [0, 0.1) is 5.92 Å². The third kappa shape index (κ3) is 6.48. The highest BCUT2D eigenvalue weighted by molar-refractivity contribution is 5.77. The normalized spacial score (nSPS) is 21.5. The molecular weight excluding hydrogens is 599 g/mol. The minimum atomic E-state index is -4.77. The zero-order valence-corrected chi connectivity index (χ0v) is 25.6. The lowest BCUT2D eigenvalue weighted by Crippen LogP contribution is -2.47. The van der Waals surface area contributed by atoms with Gasteiger partial charge < -0.3 is 9.47 Å². The van der Waals surface area contributed by atoms with Gasteiger partial charge in [-0.15, -0.1) is 5.10 Å². The molecule has 2 aliphatic rings. The van der Waals surface area contributed by atoms with Crippen molar-refractivity contribution in [3.8, 4) is 11.4 Å². The zero-order valence-electron chi connectivity index (χ0n) is 25.6. The monoisotopic (exact) mass is 633 g/mol. The lowest BCUT2D eigenvalue weighted by atomic mass is 9.65. The summed E-state index contributed by atoms with van der Waals surface area (Å²) in [5.74, 6) is -2.06. The molecule has 2 heterocycles. The summed E-state index contributed by atoms with van der Waals surface area (Å²) in [6.45, 7) is 5.74. The smallest absolute Gasteiger partial charge is 0.453 e. The quantitative estimate of drug-likeness (QED) is 0.222. The third-order valence-corrected chi connectivity index (χ3v) is 8.08. The largest absolute Gasteiger partial charge is 0.488 e. The molecule has 1 saturated carbocycles. The first-order valence-electron chi connectivity index (χ1n) is 15.1. The molecular formula is C34H34F3N5O4. The molecule has 12 heteroatoms. The van der Waals surface area contributed by atoms with Crippen molar-refractivity contribution in [1.82, 2.24) is 25.7 Å². The molecule has 1 fully saturated rings. The predicted octanol–water partition coefficient (Wildman–Crippen LogP) is 6.80. The van der Waals surface area contributed by atoms with Gasteiger partial charge in [-0.1, -0.05) is 60.7 Å². The summed E-state index contributed by atoms with van der Waals surface area (Å²) in [4.78, 5) is 20.0. The Hall–Kier alpha value is -4.71. The van der Waals surface area contributed by atoms with E-state index in [1.807, 2.05) is 87.5 Å². The average Bonchev–Trinajstić information content (AvgIpc) is 3.69. The maximum Gasteiger partial charge on any atom is 0.453 e. The number of esters is 1. The maximum atomic E-state index is 13.7. The zero-order chi connectivity index (χ0) is 32.5. The molecule has 240 valence electrons. The average molecular weight is 634 g/mol. The van der Waals surface area contributed by atoms with Gasteiger partial charge in [0.2, 0.25) is 0 Å². The number of nitrogens with one attached hydrogen (secondary N) is 1. The number of hydroxylamine groups is 1. The van der Waals surface area contributed by atoms with Gasteiger partial charge >= 0.3 is 12.1 Å². The number of rotatable bonds is 7. The molecule has 0 radical (unpaired) electrons. The highest BCUT2D eigenvalue weighted by Crippen LogP contribution is 2.51. The van der Waals surface area contributed by atoms with Gasteiger partial charge in [0.25, 0.3) is 5.82 Å². The minimum Gasteiger partial charge on any atom is -0.488 e. The van der Waals surface area contributed by atoms with Crippen LogP contribution in [0.3, 0.4) is 0 Å². The highest BCUT2D eigenvalue weighted by Gasteiger charge is 2.52. The Morgan fingerprint density at radius 1 is 1.04 bits per heavy atom. The number of alkyl halides is 3. The van der Waals surface area contributed by atoms with E-state index in [9.17, 15) is 18.0 Å². The Labute approximate surface area is 264 Å².